The molecule has 4 rings (SSSR count). The van der Waals surface area contributed by atoms with Crippen LogP contribution in [0.15, 0.2) is 47.7 Å². The van der Waals surface area contributed by atoms with Gasteiger partial charge in [-0.25, -0.2) is 13.8 Å². The largest absolute Gasteiger partial charge is 0.361 e. The molecule has 1 aliphatic heterocycles. The summed E-state index contributed by atoms with van der Waals surface area (Å²) in [4.78, 5) is 33.3. The smallest absolute Gasteiger partial charge is 0.280 e. The van der Waals surface area contributed by atoms with Gasteiger partial charge in [-0.2, -0.15) is 0 Å². The number of hydrogen-bond acceptors (Lipinski definition) is 3. The van der Waals surface area contributed by atoms with Gasteiger partial charge in [0.1, 0.15) is 5.69 Å². The molecule has 1 saturated heterocycles. The van der Waals surface area contributed by atoms with Gasteiger partial charge in [0.25, 0.3) is 17.9 Å². The van der Waals surface area contributed by atoms with Crippen molar-refractivity contribution in [3.8, 4) is 0 Å². The molecule has 6 nitrogen and oxygen atoms in total. The molecule has 0 atom stereocenters. The summed E-state index contributed by atoms with van der Waals surface area (Å²) in [5, 5.41) is 1.06. The molecule has 0 aliphatic carbocycles. The molecule has 0 radical (unpaired) electrons. The molecule has 0 unspecified atom stereocenters. The van der Waals surface area contributed by atoms with E-state index in [0.717, 1.165) is 29.8 Å². The Morgan fingerprint density at radius 3 is 2.71 bits per heavy atom. The number of nitrogens with one attached hydrogen (secondary N) is 1. The van der Waals surface area contributed by atoms with Gasteiger partial charge < -0.3 is 9.88 Å². The van der Waals surface area contributed by atoms with Gasteiger partial charge in [0.15, 0.2) is 0 Å². The predicted octanol–water partition coefficient (Wildman–Crippen LogP) is 3.21. The summed E-state index contributed by atoms with van der Waals surface area (Å²) in [7, 11) is 0. The molecule has 3 heterocycles. The number of nitrogens with zero attached hydrogens (tertiary/aromatic N) is 3. The van der Waals surface area contributed by atoms with Crippen molar-refractivity contribution in [3.05, 3.63) is 64.5 Å². The number of carbonyl (C=O) groups is 1. The van der Waals surface area contributed by atoms with Crippen molar-refractivity contribution < 1.29 is 13.6 Å². The number of piperidine rings is 1. The van der Waals surface area contributed by atoms with Crippen molar-refractivity contribution in [2.75, 3.05) is 13.1 Å². The molecule has 1 aromatic carbocycles. The number of hydrogen-bond donors (Lipinski definition) is 1. The molecular weight excluding hydrogens is 366 g/mol. The van der Waals surface area contributed by atoms with Crippen LogP contribution >= 0.6 is 0 Å². The fourth-order valence-electron chi connectivity index (χ4n) is 3.66. The van der Waals surface area contributed by atoms with E-state index in [9.17, 15) is 18.4 Å². The number of fused-ring (bicyclic) bond motifs is 1. The van der Waals surface area contributed by atoms with E-state index >= 15 is 0 Å². The summed E-state index contributed by atoms with van der Waals surface area (Å²) in [6, 6.07) is 8.47. The third kappa shape index (κ3) is 3.67. The van der Waals surface area contributed by atoms with Crippen molar-refractivity contribution in [2.45, 2.75) is 25.8 Å². The highest BCUT2D eigenvalue weighted by Gasteiger charge is 2.24. The van der Waals surface area contributed by atoms with E-state index in [0.29, 0.717) is 25.2 Å². The molecule has 28 heavy (non-hydrogen) atoms. The van der Waals surface area contributed by atoms with Gasteiger partial charge in [-0.15, -0.1) is 0 Å². The lowest BCUT2D eigenvalue weighted by Gasteiger charge is -2.32. The molecule has 146 valence electrons. The zero-order chi connectivity index (χ0) is 19.7. The number of benzene rings is 1. The van der Waals surface area contributed by atoms with Crippen LogP contribution in [0.2, 0.25) is 0 Å². The molecule has 1 amide bonds. The topological polar surface area (TPSA) is 71.0 Å². The van der Waals surface area contributed by atoms with Crippen LogP contribution in [0.25, 0.3) is 10.9 Å². The first-order chi connectivity index (χ1) is 13.5. The Hall–Kier alpha value is -3.03. The van der Waals surface area contributed by atoms with Gasteiger partial charge in [-0.3, -0.25) is 14.2 Å². The normalized spacial score (nSPS) is 15.5. The van der Waals surface area contributed by atoms with Crippen LogP contribution in [0.5, 0.6) is 0 Å². The summed E-state index contributed by atoms with van der Waals surface area (Å²) in [6.45, 7) is 1.62. The Bertz CT molecular complexity index is 1050. The number of aromatic amines is 1. The number of amides is 1. The third-order valence-corrected chi connectivity index (χ3v) is 5.28. The summed E-state index contributed by atoms with van der Waals surface area (Å²) >= 11 is 0. The Morgan fingerprint density at radius 1 is 1.21 bits per heavy atom. The Balaban J connectivity index is 1.38. The highest BCUT2D eigenvalue weighted by Crippen LogP contribution is 2.22. The number of likely N-dealkylation sites (tertiary alicyclic amines) is 1. The van der Waals surface area contributed by atoms with Gasteiger partial charge in [-0.05, 0) is 42.3 Å². The highest BCUT2D eigenvalue weighted by molar-refractivity contribution is 5.97. The van der Waals surface area contributed by atoms with Crippen molar-refractivity contribution >= 4 is 16.8 Å². The first-order valence-corrected chi connectivity index (χ1v) is 9.22. The first-order valence-electron chi connectivity index (χ1n) is 9.22. The number of carbonyl (C=O) groups excluding carboxylic acids is 1. The molecule has 0 bridgehead atoms. The molecule has 1 aliphatic rings. The van der Waals surface area contributed by atoms with Gasteiger partial charge in [0.05, 0.1) is 6.33 Å². The van der Waals surface area contributed by atoms with Crippen LogP contribution in [0.3, 0.4) is 0 Å². The minimum atomic E-state index is -2.75. The molecule has 0 spiro atoms. The van der Waals surface area contributed by atoms with E-state index in [1.54, 1.807) is 0 Å². The summed E-state index contributed by atoms with van der Waals surface area (Å²) < 4.78 is 26.6. The zero-order valence-corrected chi connectivity index (χ0v) is 15.1. The van der Waals surface area contributed by atoms with Crippen LogP contribution < -0.4 is 5.56 Å². The van der Waals surface area contributed by atoms with E-state index < -0.39 is 17.7 Å². The molecule has 1 fully saturated rings. The quantitative estimate of drug-likeness (QED) is 0.749. The molecule has 3 aromatic rings. The van der Waals surface area contributed by atoms with E-state index in [2.05, 4.69) is 9.97 Å². The maximum atomic E-state index is 12.8. The van der Waals surface area contributed by atoms with Crippen LogP contribution in [0.4, 0.5) is 8.78 Å². The van der Waals surface area contributed by atoms with Gasteiger partial charge >= 0.3 is 0 Å². The Morgan fingerprint density at radius 2 is 2.00 bits per heavy atom. The minimum Gasteiger partial charge on any atom is -0.361 e. The van der Waals surface area contributed by atoms with Gasteiger partial charge in [-0.1, -0.05) is 6.07 Å². The monoisotopic (exact) mass is 386 g/mol. The zero-order valence-electron chi connectivity index (χ0n) is 15.1. The summed E-state index contributed by atoms with van der Waals surface area (Å²) in [5.74, 6) is 0.196. The lowest BCUT2D eigenvalue weighted by atomic mass is 9.96. The van der Waals surface area contributed by atoms with Gasteiger partial charge in [0.2, 0.25) is 0 Å². The number of halogens is 2. The Labute approximate surface area is 159 Å². The van der Waals surface area contributed by atoms with Crippen molar-refractivity contribution in [2.24, 2.45) is 5.92 Å². The second kappa shape index (κ2) is 7.53. The highest BCUT2D eigenvalue weighted by atomic mass is 19.3. The van der Waals surface area contributed by atoms with Crippen LogP contribution in [0, 0.1) is 5.92 Å². The third-order valence-electron chi connectivity index (χ3n) is 5.28. The van der Waals surface area contributed by atoms with Crippen LogP contribution in [-0.4, -0.2) is 38.4 Å². The number of rotatable bonds is 4. The maximum Gasteiger partial charge on any atom is 0.280 e. The lowest BCUT2D eigenvalue weighted by Crippen LogP contribution is -2.40. The molecule has 0 saturated carbocycles. The second-order valence-electron chi connectivity index (χ2n) is 7.12. The van der Waals surface area contributed by atoms with Crippen molar-refractivity contribution in [1.82, 2.24) is 19.4 Å². The molecule has 1 N–H and O–H groups in total. The molecular formula is C20H20F2N4O2. The second-order valence-corrected chi connectivity index (χ2v) is 7.12. The number of alkyl halides is 2. The fourth-order valence-corrected chi connectivity index (χ4v) is 3.66. The number of aromatic nitrogens is 3. The average Bonchev–Trinajstić information content (AvgIpc) is 3.17. The van der Waals surface area contributed by atoms with E-state index in [4.69, 9.17) is 0 Å². The predicted molar refractivity (Wildman–Crippen MR) is 100 cm³/mol. The fraction of sp³-hybridized carbons (Fsp3) is 0.350. The maximum absolute atomic E-state index is 12.8. The van der Waals surface area contributed by atoms with E-state index in [1.165, 1.54) is 10.9 Å². The number of H-pyrrole nitrogens is 1. The van der Waals surface area contributed by atoms with Crippen molar-refractivity contribution in [1.29, 1.82) is 0 Å². The minimum absolute atomic E-state index is 0.00456. The van der Waals surface area contributed by atoms with E-state index in [-0.39, 0.29) is 11.8 Å². The van der Waals surface area contributed by atoms with Crippen molar-refractivity contribution in [3.63, 3.8) is 0 Å². The lowest BCUT2D eigenvalue weighted by molar-refractivity contribution is 0.0682. The molecule has 2 aromatic heterocycles. The Kier molecular flexibility index (Phi) is 4.93. The summed E-state index contributed by atoms with van der Waals surface area (Å²) in [5.41, 5.74) is 0.611. The first kappa shape index (κ1) is 18.3. The SMILES string of the molecule is O=C(c1ccc2cc[nH]c2c1)N1CCC(Cn2cnc(C(F)F)cc2=O)CC1. The standard InChI is InChI=1S/C20H20F2N4O2/c21-19(22)17-10-18(27)26(12-24-17)11-13-4-7-25(8-5-13)20(28)15-2-1-14-3-6-23-16(14)9-15/h1-3,6,9-10,12-13,19,23H,4-5,7-8,11H2. The summed E-state index contributed by atoms with van der Waals surface area (Å²) in [6.07, 6.45) is 1.78. The van der Waals surface area contributed by atoms with E-state index in [1.807, 2.05) is 35.4 Å². The van der Waals surface area contributed by atoms with Crippen LogP contribution in [0.1, 0.15) is 35.3 Å². The average molecular weight is 386 g/mol. The molecule has 8 heteroatoms. The van der Waals surface area contributed by atoms with Gasteiger partial charge in [0, 0.05) is 43.0 Å². The van der Waals surface area contributed by atoms with Crippen LogP contribution in [-0.2, 0) is 6.54 Å².